The molecule has 1 N–H and O–H groups in total. The molecule has 2 fully saturated rings. The summed E-state index contributed by atoms with van der Waals surface area (Å²) in [6.45, 7) is 7.29. The van der Waals surface area contributed by atoms with Crippen LogP contribution < -0.4 is 5.32 Å². The van der Waals surface area contributed by atoms with Crippen molar-refractivity contribution >= 4 is 27.6 Å². The van der Waals surface area contributed by atoms with Crippen LogP contribution in [0, 0.1) is 6.92 Å². The Hall–Kier alpha value is -1.11. The third kappa shape index (κ3) is 4.46. The molecule has 1 aromatic carbocycles. The molecule has 0 spiro atoms. The van der Waals surface area contributed by atoms with E-state index in [2.05, 4.69) is 26.1 Å². The third-order valence-corrected chi connectivity index (χ3v) is 5.07. The van der Waals surface area contributed by atoms with Crippen molar-refractivity contribution in [2.45, 2.75) is 25.9 Å². The summed E-state index contributed by atoms with van der Waals surface area (Å²) in [5.74, 6) is 0. The first-order valence-corrected chi connectivity index (χ1v) is 9.07. The number of nitrogens with zero attached hydrogens (tertiary/aromatic N) is 2. The van der Waals surface area contributed by atoms with E-state index in [4.69, 9.17) is 4.74 Å². The molecule has 23 heavy (non-hydrogen) atoms. The van der Waals surface area contributed by atoms with Crippen LogP contribution in [0.5, 0.6) is 0 Å². The standard InChI is InChI=1S/C17H24BrN3O2/c1-13-11-14(18)4-5-16(13)19-17(22)21-8-6-20(7-9-21)12-15-3-2-10-23-15/h4-5,11,15H,2-3,6-10,12H2,1H3,(H,19,22). The fourth-order valence-electron chi connectivity index (χ4n) is 3.17. The lowest BCUT2D eigenvalue weighted by atomic mass is 10.2. The monoisotopic (exact) mass is 381 g/mol. The SMILES string of the molecule is Cc1cc(Br)ccc1NC(=O)N1CCN(CC2CCCO2)CC1. The Morgan fingerprint density at radius 3 is 2.78 bits per heavy atom. The molecule has 2 aliphatic rings. The number of rotatable bonds is 3. The van der Waals surface area contributed by atoms with Gasteiger partial charge >= 0.3 is 6.03 Å². The van der Waals surface area contributed by atoms with Gasteiger partial charge in [0.05, 0.1) is 6.10 Å². The second-order valence-corrected chi connectivity index (χ2v) is 7.23. The van der Waals surface area contributed by atoms with Crippen LogP contribution in [-0.4, -0.2) is 61.3 Å². The summed E-state index contributed by atoms with van der Waals surface area (Å²) in [4.78, 5) is 16.7. The molecule has 2 heterocycles. The normalized spacial score (nSPS) is 22.3. The lowest BCUT2D eigenvalue weighted by Crippen LogP contribution is -2.51. The van der Waals surface area contributed by atoms with Crippen molar-refractivity contribution in [3.8, 4) is 0 Å². The van der Waals surface area contributed by atoms with E-state index in [1.165, 1.54) is 12.8 Å². The molecule has 2 saturated heterocycles. The zero-order valence-corrected chi connectivity index (χ0v) is 15.1. The maximum atomic E-state index is 12.4. The van der Waals surface area contributed by atoms with Gasteiger partial charge in [0.1, 0.15) is 0 Å². The summed E-state index contributed by atoms with van der Waals surface area (Å²) in [5.41, 5.74) is 1.93. The summed E-state index contributed by atoms with van der Waals surface area (Å²) < 4.78 is 6.72. The molecule has 1 aromatic rings. The average molecular weight is 382 g/mol. The van der Waals surface area contributed by atoms with Crippen LogP contribution in [0.4, 0.5) is 10.5 Å². The van der Waals surface area contributed by atoms with Gasteiger partial charge in [-0.05, 0) is 43.5 Å². The molecule has 0 radical (unpaired) electrons. The number of ether oxygens (including phenoxy) is 1. The molecule has 126 valence electrons. The number of benzene rings is 1. The average Bonchev–Trinajstić information content (AvgIpc) is 3.04. The maximum absolute atomic E-state index is 12.4. The molecule has 0 bridgehead atoms. The predicted octanol–water partition coefficient (Wildman–Crippen LogP) is 3.09. The van der Waals surface area contributed by atoms with Gasteiger partial charge in [0, 0.05) is 49.5 Å². The number of hydrogen-bond acceptors (Lipinski definition) is 3. The Kier molecular flexibility index (Phi) is 5.56. The first-order chi connectivity index (χ1) is 11.1. The molecule has 0 aromatic heterocycles. The lowest BCUT2D eigenvalue weighted by Gasteiger charge is -2.35. The number of hydrogen-bond donors (Lipinski definition) is 1. The van der Waals surface area contributed by atoms with E-state index < -0.39 is 0 Å². The van der Waals surface area contributed by atoms with Crippen LogP contribution in [0.2, 0.25) is 0 Å². The van der Waals surface area contributed by atoms with Gasteiger partial charge in [0.25, 0.3) is 0 Å². The Balaban J connectivity index is 1.47. The fraction of sp³-hybridized carbons (Fsp3) is 0.588. The number of halogens is 1. The number of aryl methyl sites for hydroxylation is 1. The van der Waals surface area contributed by atoms with Gasteiger partial charge < -0.3 is 15.0 Å². The van der Waals surface area contributed by atoms with E-state index in [1.54, 1.807) is 0 Å². The number of urea groups is 1. The van der Waals surface area contributed by atoms with Crippen molar-refractivity contribution in [1.82, 2.24) is 9.80 Å². The molecule has 1 unspecified atom stereocenters. The Morgan fingerprint density at radius 1 is 1.35 bits per heavy atom. The molecular weight excluding hydrogens is 358 g/mol. The van der Waals surface area contributed by atoms with Gasteiger partial charge in [-0.25, -0.2) is 4.79 Å². The number of amides is 2. The van der Waals surface area contributed by atoms with E-state index in [0.717, 1.165) is 55.1 Å². The second kappa shape index (κ2) is 7.64. The topological polar surface area (TPSA) is 44.8 Å². The quantitative estimate of drug-likeness (QED) is 0.874. The zero-order valence-electron chi connectivity index (χ0n) is 13.6. The molecular formula is C17H24BrN3O2. The number of piperazine rings is 1. The number of nitrogens with one attached hydrogen (secondary N) is 1. The number of carbonyl (C=O) groups is 1. The minimum absolute atomic E-state index is 0.00723. The Labute approximate surface area is 146 Å². The number of carbonyl (C=O) groups excluding carboxylic acids is 1. The predicted molar refractivity (Wildman–Crippen MR) is 94.9 cm³/mol. The van der Waals surface area contributed by atoms with Crippen molar-refractivity contribution in [2.24, 2.45) is 0 Å². The van der Waals surface area contributed by atoms with Crippen LogP contribution in [-0.2, 0) is 4.74 Å². The fourth-order valence-corrected chi connectivity index (χ4v) is 3.65. The number of anilines is 1. The van der Waals surface area contributed by atoms with Crippen LogP contribution in [0.25, 0.3) is 0 Å². The summed E-state index contributed by atoms with van der Waals surface area (Å²) in [5, 5.41) is 3.02. The highest BCUT2D eigenvalue weighted by Crippen LogP contribution is 2.21. The van der Waals surface area contributed by atoms with E-state index in [1.807, 2.05) is 30.0 Å². The van der Waals surface area contributed by atoms with Crippen molar-refractivity contribution in [3.63, 3.8) is 0 Å². The van der Waals surface area contributed by atoms with Crippen molar-refractivity contribution in [3.05, 3.63) is 28.2 Å². The van der Waals surface area contributed by atoms with Crippen LogP contribution in [0.3, 0.4) is 0 Å². The molecule has 0 aliphatic carbocycles. The van der Waals surface area contributed by atoms with Gasteiger partial charge in [-0.3, -0.25) is 4.90 Å². The van der Waals surface area contributed by atoms with E-state index in [9.17, 15) is 4.79 Å². The highest BCUT2D eigenvalue weighted by atomic mass is 79.9. The van der Waals surface area contributed by atoms with Gasteiger partial charge in [-0.2, -0.15) is 0 Å². The minimum Gasteiger partial charge on any atom is -0.377 e. The molecule has 5 nitrogen and oxygen atoms in total. The summed E-state index contributed by atoms with van der Waals surface area (Å²) in [6, 6.07) is 5.88. The van der Waals surface area contributed by atoms with E-state index in [-0.39, 0.29) is 6.03 Å². The van der Waals surface area contributed by atoms with E-state index in [0.29, 0.717) is 6.10 Å². The van der Waals surface area contributed by atoms with Gasteiger partial charge in [0.15, 0.2) is 0 Å². The second-order valence-electron chi connectivity index (χ2n) is 6.31. The zero-order chi connectivity index (χ0) is 16.2. The van der Waals surface area contributed by atoms with Gasteiger partial charge in [0.2, 0.25) is 0 Å². The van der Waals surface area contributed by atoms with Crippen molar-refractivity contribution < 1.29 is 9.53 Å². The molecule has 1 atom stereocenters. The van der Waals surface area contributed by atoms with Crippen LogP contribution >= 0.6 is 15.9 Å². The molecule has 0 saturated carbocycles. The maximum Gasteiger partial charge on any atom is 0.321 e. The Morgan fingerprint density at radius 2 is 2.13 bits per heavy atom. The first kappa shape index (κ1) is 16.7. The smallest absolute Gasteiger partial charge is 0.321 e. The van der Waals surface area contributed by atoms with Crippen molar-refractivity contribution in [2.75, 3.05) is 44.6 Å². The lowest BCUT2D eigenvalue weighted by molar-refractivity contribution is 0.0572. The summed E-state index contributed by atoms with van der Waals surface area (Å²) in [7, 11) is 0. The molecule has 3 rings (SSSR count). The van der Waals surface area contributed by atoms with Gasteiger partial charge in [-0.1, -0.05) is 15.9 Å². The first-order valence-electron chi connectivity index (χ1n) is 8.28. The Bertz CT molecular complexity index is 553. The summed E-state index contributed by atoms with van der Waals surface area (Å²) >= 11 is 3.44. The molecule has 2 amide bonds. The highest BCUT2D eigenvalue weighted by Gasteiger charge is 2.25. The molecule has 6 heteroatoms. The summed E-state index contributed by atoms with van der Waals surface area (Å²) in [6.07, 6.45) is 2.74. The van der Waals surface area contributed by atoms with E-state index >= 15 is 0 Å². The highest BCUT2D eigenvalue weighted by molar-refractivity contribution is 9.10. The van der Waals surface area contributed by atoms with Gasteiger partial charge in [-0.15, -0.1) is 0 Å². The molecule has 2 aliphatic heterocycles. The third-order valence-electron chi connectivity index (χ3n) is 4.58. The minimum atomic E-state index is -0.00723. The van der Waals surface area contributed by atoms with Crippen LogP contribution in [0.15, 0.2) is 22.7 Å². The largest absolute Gasteiger partial charge is 0.377 e. The van der Waals surface area contributed by atoms with Crippen molar-refractivity contribution in [1.29, 1.82) is 0 Å². The van der Waals surface area contributed by atoms with Crippen LogP contribution in [0.1, 0.15) is 18.4 Å².